The number of benzene rings is 2. The molecule has 0 radical (unpaired) electrons. The van der Waals surface area contributed by atoms with Gasteiger partial charge < -0.3 is 5.32 Å². The van der Waals surface area contributed by atoms with Gasteiger partial charge in [-0.3, -0.25) is 10.1 Å². The third-order valence-corrected chi connectivity index (χ3v) is 5.00. The predicted molar refractivity (Wildman–Crippen MR) is 96.3 cm³/mol. The van der Waals surface area contributed by atoms with Crippen LogP contribution in [0.25, 0.3) is 10.9 Å². The van der Waals surface area contributed by atoms with E-state index >= 15 is 0 Å². The first-order valence-corrected chi connectivity index (χ1v) is 9.01. The Labute approximate surface area is 149 Å². The number of nitro groups is 1. The minimum Gasteiger partial charge on any atom is -0.355 e. The Hall–Kier alpha value is -3.04. The van der Waals surface area contributed by atoms with Gasteiger partial charge in [-0.25, -0.2) is 9.17 Å². The molecule has 0 amide bonds. The van der Waals surface area contributed by atoms with Gasteiger partial charge in [0.15, 0.2) is 0 Å². The standard InChI is InChI=1S/C17H15N3O5S/c1-12-6-8-13(9-7-12)26(23,24)25-11-19-17-14-4-2-3-5-15(14)18-10-16(17)20(21)22/h2-10H,11H2,1H3,(H,18,19). The van der Waals surface area contributed by atoms with Gasteiger partial charge in [0.1, 0.15) is 18.6 Å². The SMILES string of the molecule is Cc1ccc(S(=O)(=O)OCNc2c([N+](=O)[O-])cnc3ccccc23)cc1. The molecule has 0 saturated carbocycles. The smallest absolute Gasteiger partial charge is 0.311 e. The second kappa shape index (κ2) is 7.06. The van der Waals surface area contributed by atoms with Crippen molar-refractivity contribution in [2.45, 2.75) is 11.8 Å². The zero-order valence-electron chi connectivity index (χ0n) is 13.7. The molecule has 1 heterocycles. The van der Waals surface area contributed by atoms with Gasteiger partial charge in [0.2, 0.25) is 0 Å². The molecule has 0 saturated heterocycles. The molecule has 8 nitrogen and oxygen atoms in total. The molecular weight excluding hydrogens is 358 g/mol. The van der Waals surface area contributed by atoms with Gasteiger partial charge in [-0.15, -0.1) is 0 Å². The van der Waals surface area contributed by atoms with E-state index in [0.717, 1.165) is 11.8 Å². The molecule has 1 aromatic heterocycles. The molecule has 9 heteroatoms. The van der Waals surface area contributed by atoms with Crippen LogP contribution in [0.1, 0.15) is 5.56 Å². The third kappa shape index (κ3) is 3.63. The van der Waals surface area contributed by atoms with Gasteiger partial charge in [-0.05, 0) is 25.1 Å². The Kier molecular flexibility index (Phi) is 4.83. The molecule has 0 fully saturated rings. The lowest BCUT2D eigenvalue weighted by molar-refractivity contribution is -0.384. The summed E-state index contributed by atoms with van der Waals surface area (Å²) in [6, 6.07) is 13.0. The van der Waals surface area contributed by atoms with Crippen molar-refractivity contribution in [1.82, 2.24) is 4.98 Å². The molecule has 0 aliphatic rings. The van der Waals surface area contributed by atoms with E-state index in [9.17, 15) is 18.5 Å². The zero-order chi connectivity index (χ0) is 18.7. The Morgan fingerprint density at radius 1 is 1.15 bits per heavy atom. The molecule has 3 aromatic rings. The normalized spacial score (nSPS) is 11.4. The fourth-order valence-corrected chi connectivity index (χ4v) is 3.23. The highest BCUT2D eigenvalue weighted by molar-refractivity contribution is 7.86. The number of anilines is 1. The van der Waals surface area contributed by atoms with Crippen LogP contribution < -0.4 is 5.32 Å². The van der Waals surface area contributed by atoms with E-state index in [0.29, 0.717) is 10.9 Å². The number of nitrogens with one attached hydrogen (secondary N) is 1. The van der Waals surface area contributed by atoms with Crippen molar-refractivity contribution >= 4 is 32.4 Å². The number of para-hydroxylation sites is 1. The summed E-state index contributed by atoms with van der Waals surface area (Å²) in [5, 5.41) is 14.4. The van der Waals surface area contributed by atoms with E-state index in [1.807, 2.05) is 6.92 Å². The summed E-state index contributed by atoms with van der Waals surface area (Å²) in [6.07, 6.45) is 1.12. The van der Waals surface area contributed by atoms with Crippen molar-refractivity contribution in [3.63, 3.8) is 0 Å². The molecular formula is C17H15N3O5S. The quantitative estimate of drug-likeness (QED) is 0.305. The summed E-state index contributed by atoms with van der Waals surface area (Å²) in [5.74, 6) is 0. The highest BCUT2D eigenvalue weighted by Gasteiger charge is 2.19. The summed E-state index contributed by atoms with van der Waals surface area (Å²) >= 11 is 0. The van der Waals surface area contributed by atoms with E-state index in [1.165, 1.54) is 12.1 Å². The molecule has 0 spiro atoms. The fourth-order valence-electron chi connectivity index (χ4n) is 2.41. The molecule has 1 N–H and O–H groups in total. The Morgan fingerprint density at radius 2 is 1.85 bits per heavy atom. The van der Waals surface area contributed by atoms with Crippen molar-refractivity contribution in [3.05, 3.63) is 70.4 Å². The minimum atomic E-state index is -3.98. The first-order valence-electron chi connectivity index (χ1n) is 7.60. The first kappa shape index (κ1) is 17.8. The van der Waals surface area contributed by atoms with E-state index < -0.39 is 21.8 Å². The van der Waals surface area contributed by atoms with E-state index in [-0.39, 0.29) is 16.3 Å². The van der Waals surface area contributed by atoms with Crippen LogP contribution in [0.2, 0.25) is 0 Å². The van der Waals surface area contributed by atoms with Crippen LogP contribution in [0.15, 0.2) is 59.6 Å². The number of hydrogen-bond donors (Lipinski definition) is 1. The van der Waals surface area contributed by atoms with Crippen LogP contribution in [-0.2, 0) is 14.3 Å². The second-order valence-corrected chi connectivity index (χ2v) is 7.11. The molecule has 0 bridgehead atoms. The minimum absolute atomic E-state index is 0.0130. The van der Waals surface area contributed by atoms with Gasteiger partial charge in [-0.2, -0.15) is 8.42 Å². The van der Waals surface area contributed by atoms with Crippen LogP contribution in [0.3, 0.4) is 0 Å². The van der Waals surface area contributed by atoms with Crippen LogP contribution in [0.4, 0.5) is 11.4 Å². The van der Waals surface area contributed by atoms with Gasteiger partial charge in [0.05, 0.1) is 15.3 Å². The van der Waals surface area contributed by atoms with Crippen LogP contribution in [0.5, 0.6) is 0 Å². The zero-order valence-corrected chi connectivity index (χ0v) is 14.6. The Morgan fingerprint density at radius 3 is 2.54 bits per heavy atom. The predicted octanol–water partition coefficient (Wildman–Crippen LogP) is 3.23. The average molecular weight is 373 g/mol. The van der Waals surface area contributed by atoms with Gasteiger partial charge in [0.25, 0.3) is 10.1 Å². The number of nitrogens with zero attached hydrogens (tertiary/aromatic N) is 2. The molecule has 0 unspecified atom stereocenters. The molecule has 0 aliphatic heterocycles. The van der Waals surface area contributed by atoms with Crippen molar-refractivity contribution in [2.75, 3.05) is 12.0 Å². The number of hydrogen-bond acceptors (Lipinski definition) is 7. The summed E-state index contributed by atoms with van der Waals surface area (Å²) in [4.78, 5) is 14.7. The average Bonchev–Trinajstić information content (AvgIpc) is 2.61. The lowest BCUT2D eigenvalue weighted by atomic mass is 10.1. The Balaban J connectivity index is 1.84. The van der Waals surface area contributed by atoms with Crippen LogP contribution >= 0.6 is 0 Å². The molecule has 2 aromatic carbocycles. The lowest BCUT2D eigenvalue weighted by Crippen LogP contribution is -2.14. The van der Waals surface area contributed by atoms with Gasteiger partial charge in [-0.1, -0.05) is 35.9 Å². The summed E-state index contributed by atoms with van der Waals surface area (Å²) in [5.41, 5.74) is 1.35. The van der Waals surface area contributed by atoms with Crippen molar-refractivity contribution in [1.29, 1.82) is 0 Å². The van der Waals surface area contributed by atoms with E-state index in [1.54, 1.807) is 36.4 Å². The summed E-state index contributed by atoms with van der Waals surface area (Å²) in [7, 11) is -3.98. The highest BCUT2D eigenvalue weighted by atomic mass is 32.2. The number of aromatic nitrogens is 1. The topological polar surface area (TPSA) is 111 Å². The number of pyridine rings is 1. The third-order valence-electron chi connectivity index (χ3n) is 3.72. The first-order chi connectivity index (χ1) is 12.4. The molecule has 26 heavy (non-hydrogen) atoms. The van der Waals surface area contributed by atoms with Crippen molar-refractivity contribution in [2.24, 2.45) is 0 Å². The van der Waals surface area contributed by atoms with Crippen LogP contribution in [0, 0.1) is 17.0 Å². The summed E-state index contributed by atoms with van der Waals surface area (Å²) in [6.45, 7) is 1.39. The molecule has 3 rings (SSSR count). The van der Waals surface area contributed by atoms with Gasteiger partial charge in [0, 0.05) is 5.39 Å². The molecule has 0 aliphatic carbocycles. The fraction of sp³-hybridized carbons (Fsp3) is 0.118. The molecule has 0 atom stereocenters. The largest absolute Gasteiger partial charge is 0.355 e. The van der Waals surface area contributed by atoms with Crippen LogP contribution in [-0.4, -0.2) is 25.1 Å². The number of fused-ring (bicyclic) bond motifs is 1. The van der Waals surface area contributed by atoms with E-state index in [2.05, 4.69) is 10.3 Å². The maximum atomic E-state index is 12.2. The number of aryl methyl sites for hydroxylation is 1. The van der Waals surface area contributed by atoms with Gasteiger partial charge >= 0.3 is 5.69 Å². The lowest BCUT2D eigenvalue weighted by Gasteiger charge is -2.11. The van der Waals surface area contributed by atoms with Crippen molar-refractivity contribution < 1.29 is 17.5 Å². The maximum Gasteiger partial charge on any atom is 0.311 e. The maximum absolute atomic E-state index is 12.2. The monoisotopic (exact) mass is 373 g/mol. The second-order valence-electron chi connectivity index (χ2n) is 5.50. The van der Waals surface area contributed by atoms with Crippen molar-refractivity contribution in [3.8, 4) is 0 Å². The Bertz CT molecular complexity index is 1070. The highest BCUT2D eigenvalue weighted by Crippen LogP contribution is 2.31. The number of rotatable bonds is 6. The summed E-state index contributed by atoms with van der Waals surface area (Å²) < 4.78 is 29.4. The molecule has 134 valence electrons. The van der Waals surface area contributed by atoms with E-state index in [4.69, 9.17) is 4.18 Å².